The maximum absolute atomic E-state index is 12.5. The summed E-state index contributed by atoms with van der Waals surface area (Å²) in [5.41, 5.74) is 0.875. The van der Waals surface area contributed by atoms with Crippen LogP contribution < -0.4 is 5.32 Å². The van der Waals surface area contributed by atoms with Crippen molar-refractivity contribution in [2.24, 2.45) is 0 Å². The highest BCUT2D eigenvalue weighted by molar-refractivity contribution is 8.00. The van der Waals surface area contributed by atoms with Gasteiger partial charge in [-0.15, -0.1) is 11.8 Å². The van der Waals surface area contributed by atoms with Crippen LogP contribution in [0.5, 0.6) is 0 Å². The molecule has 2 aliphatic rings. The SMILES string of the molecule is CC(=O)OCC1=C(C(=O)O)N2C(=O)[C@@H](NC(=O)/C=C/c3cccc(Cl)c3)[C@H]2SC1. The first kappa shape index (κ1) is 20.9. The Bertz CT molecular complexity index is 944. The van der Waals surface area contributed by atoms with Crippen LogP contribution in [0.3, 0.4) is 0 Å². The summed E-state index contributed by atoms with van der Waals surface area (Å²) >= 11 is 7.20. The smallest absolute Gasteiger partial charge is 0.352 e. The van der Waals surface area contributed by atoms with Crippen molar-refractivity contribution in [1.82, 2.24) is 10.2 Å². The molecule has 0 saturated carbocycles. The first-order valence-electron chi connectivity index (χ1n) is 8.55. The van der Waals surface area contributed by atoms with Crippen LogP contribution in [0.4, 0.5) is 0 Å². The van der Waals surface area contributed by atoms with Gasteiger partial charge in [0.2, 0.25) is 5.91 Å². The number of nitrogens with one attached hydrogen (secondary N) is 1. The minimum atomic E-state index is -1.28. The molecular weight excluding hydrogens is 420 g/mol. The largest absolute Gasteiger partial charge is 0.477 e. The van der Waals surface area contributed by atoms with E-state index in [1.807, 2.05) is 0 Å². The van der Waals surface area contributed by atoms with Crippen LogP contribution in [0.25, 0.3) is 6.08 Å². The number of nitrogens with zero attached hydrogens (tertiary/aromatic N) is 1. The van der Waals surface area contributed by atoms with Crippen molar-refractivity contribution in [3.8, 4) is 0 Å². The first-order chi connectivity index (χ1) is 13.8. The van der Waals surface area contributed by atoms with Gasteiger partial charge in [-0.25, -0.2) is 4.79 Å². The minimum Gasteiger partial charge on any atom is -0.477 e. The Labute approximate surface area is 175 Å². The Morgan fingerprint density at radius 3 is 2.83 bits per heavy atom. The number of carbonyl (C=O) groups excluding carboxylic acids is 3. The molecule has 1 saturated heterocycles. The fraction of sp³-hybridized carbons (Fsp3) is 0.263. The van der Waals surface area contributed by atoms with E-state index in [1.165, 1.54) is 24.8 Å². The van der Waals surface area contributed by atoms with Crippen LogP contribution in [0.15, 0.2) is 41.6 Å². The number of hydrogen-bond acceptors (Lipinski definition) is 6. The second-order valence-corrected chi connectivity index (χ2v) is 7.86. The fourth-order valence-corrected chi connectivity index (χ4v) is 4.49. The van der Waals surface area contributed by atoms with Gasteiger partial charge in [-0.2, -0.15) is 0 Å². The number of β-lactam (4-membered cyclic amide) rings is 1. The Kier molecular flexibility index (Phi) is 6.29. The van der Waals surface area contributed by atoms with Gasteiger partial charge in [0.15, 0.2) is 0 Å². The lowest BCUT2D eigenvalue weighted by Crippen LogP contribution is -2.70. The van der Waals surface area contributed by atoms with Crippen LogP contribution in [-0.2, 0) is 23.9 Å². The topological polar surface area (TPSA) is 113 Å². The maximum Gasteiger partial charge on any atom is 0.352 e. The van der Waals surface area contributed by atoms with Crippen LogP contribution in [0, 0.1) is 0 Å². The molecule has 0 spiro atoms. The molecule has 8 nitrogen and oxygen atoms in total. The molecule has 0 radical (unpaired) electrons. The molecule has 10 heteroatoms. The van der Waals surface area contributed by atoms with Crippen molar-refractivity contribution < 1.29 is 29.0 Å². The van der Waals surface area contributed by atoms with Gasteiger partial charge >= 0.3 is 11.9 Å². The Morgan fingerprint density at radius 2 is 2.17 bits per heavy atom. The van der Waals surface area contributed by atoms with Crippen LogP contribution in [0.1, 0.15) is 12.5 Å². The summed E-state index contributed by atoms with van der Waals surface area (Å²) in [4.78, 5) is 48.5. The molecule has 2 aliphatic heterocycles. The maximum atomic E-state index is 12.5. The van der Waals surface area contributed by atoms with Crippen molar-refractivity contribution in [3.63, 3.8) is 0 Å². The number of amides is 2. The predicted octanol–water partition coefficient (Wildman–Crippen LogP) is 1.65. The highest BCUT2D eigenvalue weighted by atomic mass is 35.5. The number of rotatable bonds is 6. The lowest BCUT2D eigenvalue weighted by Gasteiger charge is -2.49. The van der Waals surface area contributed by atoms with E-state index >= 15 is 0 Å². The molecule has 0 bridgehead atoms. The summed E-state index contributed by atoms with van der Waals surface area (Å²) in [6, 6.07) is 6.09. The van der Waals surface area contributed by atoms with Crippen molar-refractivity contribution in [3.05, 3.63) is 52.2 Å². The molecular formula is C19H17ClN2O6S. The number of thioether (sulfide) groups is 1. The molecule has 1 aromatic carbocycles. The summed E-state index contributed by atoms with van der Waals surface area (Å²) in [6.07, 6.45) is 2.85. The third-order valence-corrected chi connectivity index (χ3v) is 5.85. The number of carboxylic acid groups (broad SMARTS) is 1. The van der Waals surface area contributed by atoms with Gasteiger partial charge in [-0.3, -0.25) is 19.3 Å². The van der Waals surface area contributed by atoms with Crippen molar-refractivity contribution in [2.75, 3.05) is 12.4 Å². The molecule has 2 heterocycles. The lowest BCUT2D eigenvalue weighted by atomic mass is 10.0. The summed E-state index contributed by atoms with van der Waals surface area (Å²) in [5.74, 6) is -2.55. The Hall–Kier alpha value is -2.78. The van der Waals surface area contributed by atoms with E-state index in [9.17, 15) is 24.3 Å². The number of esters is 1. The minimum absolute atomic E-state index is 0.194. The van der Waals surface area contributed by atoms with Crippen LogP contribution in [-0.4, -0.2) is 57.5 Å². The number of benzene rings is 1. The van der Waals surface area contributed by atoms with Gasteiger partial charge in [0.1, 0.15) is 23.7 Å². The Balaban J connectivity index is 1.68. The van der Waals surface area contributed by atoms with Crippen LogP contribution >= 0.6 is 23.4 Å². The quantitative estimate of drug-likeness (QED) is 0.396. The Morgan fingerprint density at radius 1 is 1.41 bits per heavy atom. The zero-order valence-corrected chi connectivity index (χ0v) is 16.8. The summed E-state index contributed by atoms with van der Waals surface area (Å²) in [6.45, 7) is 1.02. The van der Waals surface area contributed by atoms with Crippen molar-refractivity contribution in [1.29, 1.82) is 0 Å². The van der Waals surface area contributed by atoms with E-state index in [4.69, 9.17) is 16.3 Å². The fourth-order valence-electron chi connectivity index (χ4n) is 2.97. The van der Waals surface area contributed by atoms with Crippen molar-refractivity contribution in [2.45, 2.75) is 18.3 Å². The molecule has 0 aromatic heterocycles. The molecule has 3 rings (SSSR count). The summed E-state index contributed by atoms with van der Waals surface area (Å²) in [5, 5.41) is 12.1. The lowest BCUT2D eigenvalue weighted by molar-refractivity contribution is -0.150. The van der Waals surface area contributed by atoms with Crippen molar-refractivity contribution >= 4 is 53.2 Å². The summed E-state index contributed by atoms with van der Waals surface area (Å²) < 4.78 is 4.88. The van der Waals surface area contributed by atoms with E-state index < -0.39 is 35.2 Å². The van der Waals surface area contributed by atoms with Gasteiger partial charge in [0.25, 0.3) is 5.91 Å². The number of hydrogen-bond donors (Lipinski definition) is 2. The average Bonchev–Trinajstić information content (AvgIpc) is 2.67. The number of aliphatic carboxylic acids is 1. The molecule has 1 fully saturated rings. The first-order valence-corrected chi connectivity index (χ1v) is 9.98. The van der Waals surface area contributed by atoms with E-state index in [0.29, 0.717) is 10.6 Å². The van der Waals surface area contributed by atoms with Gasteiger partial charge in [-0.05, 0) is 23.8 Å². The highest BCUT2D eigenvalue weighted by Crippen LogP contribution is 2.40. The van der Waals surface area contributed by atoms with E-state index in [1.54, 1.807) is 30.3 Å². The molecule has 0 unspecified atom stereocenters. The molecule has 2 N–H and O–H groups in total. The standard InChI is InChI=1S/C19H17ClN2O6S/c1-10(23)28-8-12-9-29-18-15(17(25)22(18)16(12)19(26)27)21-14(24)6-5-11-3-2-4-13(20)7-11/h2-7,15,18H,8-9H2,1H3,(H,21,24)(H,26,27)/b6-5+/t15-,18-/m1/s1. The monoisotopic (exact) mass is 436 g/mol. The number of carboxylic acids is 1. The van der Waals surface area contributed by atoms with Gasteiger partial charge in [0.05, 0.1) is 0 Å². The van der Waals surface area contributed by atoms with Gasteiger partial charge in [-0.1, -0.05) is 23.7 Å². The predicted molar refractivity (Wildman–Crippen MR) is 107 cm³/mol. The second-order valence-electron chi connectivity index (χ2n) is 6.32. The third-order valence-electron chi connectivity index (χ3n) is 4.27. The van der Waals surface area contributed by atoms with E-state index in [0.717, 1.165) is 10.5 Å². The zero-order chi connectivity index (χ0) is 21.1. The van der Waals surface area contributed by atoms with E-state index in [2.05, 4.69) is 5.32 Å². The van der Waals surface area contributed by atoms with Gasteiger partial charge < -0.3 is 15.2 Å². The number of carbonyl (C=O) groups is 4. The molecule has 0 aliphatic carbocycles. The third kappa shape index (κ3) is 4.63. The molecule has 29 heavy (non-hydrogen) atoms. The molecule has 1 aromatic rings. The van der Waals surface area contributed by atoms with E-state index in [-0.39, 0.29) is 18.1 Å². The number of halogens is 1. The number of fused-ring (bicyclic) bond motifs is 1. The molecule has 152 valence electrons. The normalized spacial score (nSPS) is 20.9. The zero-order valence-electron chi connectivity index (χ0n) is 15.3. The van der Waals surface area contributed by atoms with Crippen LogP contribution in [0.2, 0.25) is 5.02 Å². The van der Waals surface area contributed by atoms with Gasteiger partial charge in [0, 0.05) is 29.3 Å². The second kappa shape index (κ2) is 8.71. The summed E-state index contributed by atoms with van der Waals surface area (Å²) in [7, 11) is 0. The average molecular weight is 437 g/mol. The highest BCUT2D eigenvalue weighted by Gasteiger charge is 2.54. The molecule has 2 atom stereocenters. The molecule has 2 amide bonds. The number of ether oxygens (including phenoxy) is 1.